The molecule has 0 radical (unpaired) electrons. The van der Waals surface area contributed by atoms with E-state index in [1.165, 1.54) is 23.9 Å². The number of hydrogen-bond acceptors (Lipinski definition) is 5. The minimum Gasteiger partial charge on any atom is -0.467 e. The van der Waals surface area contributed by atoms with Gasteiger partial charge >= 0.3 is 5.97 Å². The van der Waals surface area contributed by atoms with Gasteiger partial charge in [0.2, 0.25) is 10.9 Å². The zero-order chi connectivity index (χ0) is 21.5. The van der Waals surface area contributed by atoms with E-state index in [9.17, 15) is 26.8 Å². The summed E-state index contributed by atoms with van der Waals surface area (Å²) in [5, 5.41) is 1.86. The van der Waals surface area contributed by atoms with Crippen molar-refractivity contribution in [2.24, 2.45) is 7.05 Å². The summed E-state index contributed by atoms with van der Waals surface area (Å²) < 4.78 is 57.4. The van der Waals surface area contributed by atoms with E-state index in [-0.39, 0.29) is 29.9 Å². The Hall–Kier alpha value is -2.66. The van der Waals surface area contributed by atoms with Crippen LogP contribution in [0.4, 0.5) is 20.2 Å². The maximum absolute atomic E-state index is 13.5. The van der Waals surface area contributed by atoms with Crippen LogP contribution in [0.3, 0.4) is 0 Å². The predicted octanol–water partition coefficient (Wildman–Crippen LogP) is 2.25. The average molecular weight is 448 g/mol. The van der Waals surface area contributed by atoms with Crippen LogP contribution in [0.2, 0.25) is 5.02 Å². The van der Waals surface area contributed by atoms with Gasteiger partial charge in [-0.3, -0.25) is 9.10 Å². The van der Waals surface area contributed by atoms with Gasteiger partial charge in [0.1, 0.15) is 5.69 Å². The number of halogens is 3. The van der Waals surface area contributed by atoms with Crippen LogP contribution in [-0.2, 0) is 27.5 Å². The highest BCUT2D eigenvalue weighted by molar-refractivity contribution is 7.74. The van der Waals surface area contributed by atoms with E-state index >= 15 is 0 Å². The minimum absolute atomic E-state index is 0.0170. The molecule has 2 aromatic rings. The molecule has 1 aliphatic rings. The van der Waals surface area contributed by atoms with Gasteiger partial charge in [0.15, 0.2) is 17.2 Å². The summed E-state index contributed by atoms with van der Waals surface area (Å²) in [7, 11) is -0.551. The molecule has 8 nitrogen and oxygen atoms in total. The third-order valence-electron chi connectivity index (χ3n) is 4.57. The molecule has 29 heavy (non-hydrogen) atoms. The number of ether oxygens (including phenoxy) is 1. The largest absolute Gasteiger partial charge is 0.467 e. The first kappa shape index (κ1) is 21.1. The molecule has 156 valence electrons. The normalized spacial score (nSPS) is 14.6. The molecule has 1 N–H and O–H groups in total. The molecule has 1 fully saturated rings. The van der Waals surface area contributed by atoms with E-state index in [0.717, 1.165) is 23.5 Å². The number of carbonyl (C=O) groups excluding carboxylic acids is 2. The van der Waals surface area contributed by atoms with Crippen LogP contribution in [0.25, 0.3) is 0 Å². The number of amides is 1. The summed E-state index contributed by atoms with van der Waals surface area (Å²) >= 11 is 5.57. The van der Waals surface area contributed by atoms with Crippen molar-refractivity contribution in [2.75, 3.05) is 16.7 Å². The Bertz CT molecular complexity index is 1050. The monoisotopic (exact) mass is 447 g/mol. The standard InChI is InChI=1S/C17H16ClF2N3O5S/c1-22-8-10(23(29(26)27)17(3-4-17)16(25)28-2)7-13(22)15(24)21-9-5-11(18)14(20)12(19)6-9/h5-8,29H,3-4H2,1-2H3,(H,21,24). The van der Waals surface area contributed by atoms with Gasteiger partial charge in [-0.2, -0.15) is 0 Å². The van der Waals surface area contributed by atoms with E-state index in [0.29, 0.717) is 0 Å². The van der Waals surface area contributed by atoms with Crippen LogP contribution < -0.4 is 9.62 Å². The highest BCUT2D eigenvalue weighted by atomic mass is 35.5. The number of hydrogen-bond donors (Lipinski definition) is 2. The Morgan fingerprint density at radius 2 is 1.93 bits per heavy atom. The second-order valence-corrected chi connectivity index (χ2v) is 7.76. The van der Waals surface area contributed by atoms with Crippen molar-refractivity contribution < 1.29 is 31.5 Å². The lowest BCUT2D eigenvalue weighted by atomic mass is 10.2. The van der Waals surface area contributed by atoms with Crippen LogP contribution in [0.15, 0.2) is 24.4 Å². The van der Waals surface area contributed by atoms with Gasteiger partial charge in [-0.05, 0) is 25.0 Å². The van der Waals surface area contributed by atoms with Crippen molar-refractivity contribution in [3.8, 4) is 0 Å². The highest BCUT2D eigenvalue weighted by Gasteiger charge is 2.58. The number of nitrogens with one attached hydrogen (secondary N) is 1. The third kappa shape index (κ3) is 3.79. The Morgan fingerprint density at radius 3 is 2.45 bits per heavy atom. The molecule has 1 aromatic carbocycles. The summed E-state index contributed by atoms with van der Waals surface area (Å²) in [5.41, 5.74) is -1.29. The van der Waals surface area contributed by atoms with Crippen molar-refractivity contribution >= 4 is 45.7 Å². The Kier molecular flexibility index (Phi) is 5.54. The molecule has 1 aromatic heterocycles. The van der Waals surface area contributed by atoms with Gasteiger partial charge in [0, 0.05) is 25.0 Å². The quantitative estimate of drug-likeness (QED) is 0.402. The van der Waals surface area contributed by atoms with Crippen LogP contribution in [-0.4, -0.2) is 37.5 Å². The molecule has 1 saturated carbocycles. The van der Waals surface area contributed by atoms with Gasteiger partial charge in [0.05, 0.1) is 17.8 Å². The molecule has 12 heteroatoms. The van der Waals surface area contributed by atoms with E-state index in [1.807, 2.05) is 0 Å². The van der Waals surface area contributed by atoms with Crippen LogP contribution in [0.5, 0.6) is 0 Å². The highest BCUT2D eigenvalue weighted by Crippen LogP contribution is 2.45. The summed E-state index contributed by atoms with van der Waals surface area (Å²) in [5.74, 6) is -3.88. The van der Waals surface area contributed by atoms with Gasteiger partial charge in [-0.15, -0.1) is 0 Å². The van der Waals surface area contributed by atoms with E-state index < -0.39 is 45.0 Å². The van der Waals surface area contributed by atoms with Gasteiger partial charge in [-0.25, -0.2) is 22.0 Å². The zero-order valence-corrected chi connectivity index (χ0v) is 16.9. The van der Waals surface area contributed by atoms with Crippen LogP contribution in [0.1, 0.15) is 23.3 Å². The van der Waals surface area contributed by atoms with Gasteiger partial charge < -0.3 is 14.6 Å². The van der Waals surface area contributed by atoms with Crippen molar-refractivity contribution in [1.29, 1.82) is 0 Å². The minimum atomic E-state index is -3.20. The number of aryl methyl sites for hydroxylation is 1. The molecule has 0 bridgehead atoms. The van der Waals surface area contributed by atoms with Gasteiger partial charge in [0.25, 0.3) is 5.91 Å². The summed E-state index contributed by atoms with van der Waals surface area (Å²) in [6.07, 6.45) is 1.93. The van der Waals surface area contributed by atoms with Crippen LogP contribution >= 0.6 is 11.6 Å². The van der Waals surface area contributed by atoms with Crippen molar-refractivity contribution in [2.45, 2.75) is 18.4 Å². The fourth-order valence-electron chi connectivity index (χ4n) is 3.02. The fraction of sp³-hybridized carbons (Fsp3) is 0.294. The molecule has 0 spiro atoms. The van der Waals surface area contributed by atoms with E-state index in [4.69, 9.17) is 16.3 Å². The van der Waals surface area contributed by atoms with E-state index in [2.05, 4.69) is 5.32 Å². The summed E-state index contributed by atoms with van der Waals surface area (Å²) in [6, 6.07) is 3.07. The first-order valence-corrected chi connectivity index (χ1v) is 9.77. The number of aromatic nitrogens is 1. The topological polar surface area (TPSA) is 97.7 Å². The third-order valence-corrected chi connectivity index (χ3v) is 5.78. The average Bonchev–Trinajstić information content (AvgIpc) is 3.35. The molecule has 0 unspecified atom stereocenters. The SMILES string of the molecule is COC(=O)C1(N(c2cc(C(=O)Nc3cc(F)c(F)c(Cl)c3)n(C)c2)[SH](=O)=O)CC1. The number of carbonyl (C=O) groups is 2. The molecule has 0 atom stereocenters. The first-order chi connectivity index (χ1) is 13.6. The molecular formula is C17H16ClF2N3O5S. The summed E-state index contributed by atoms with van der Waals surface area (Å²) in [4.78, 5) is 24.6. The van der Waals surface area contributed by atoms with Crippen molar-refractivity contribution in [3.05, 3.63) is 46.7 Å². The molecule has 1 heterocycles. The molecule has 3 rings (SSSR count). The summed E-state index contributed by atoms with van der Waals surface area (Å²) in [6.45, 7) is 0. The Labute approximate surface area is 171 Å². The maximum atomic E-state index is 13.5. The number of esters is 1. The number of rotatable bonds is 6. The predicted molar refractivity (Wildman–Crippen MR) is 102 cm³/mol. The van der Waals surface area contributed by atoms with Crippen molar-refractivity contribution in [1.82, 2.24) is 4.57 Å². The number of nitrogens with zero attached hydrogens (tertiary/aromatic N) is 2. The molecule has 1 aliphatic carbocycles. The lowest BCUT2D eigenvalue weighted by molar-refractivity contribution is -0.143. The second-order valence-electron chi connectivity index (χ2n) is 6.48. The Morgan fingerprint density at radius 1 is 1.28 bits per heavy atom. The number of anilines is 2. The molecule has 0 aliphatic heterocycles. The lowest BCUT2D eigenvalue weighted by Crippen LogP contribution is -2.43. The molecule has 1 amide bonds. The number of thiol groups is 1. The fourth-order valence-corrected chi connectivity index (χ4v) is 4.12. The second kappa shape index (κ2) is 7.64. The molecule has 0 saturated heterocycles. The van der Waals surface area contributed by atoms with Gasteiger partial charge in [-0.1, -0.05) is 11.6 Å². The number of methoxy groups -OCH3 is 1. The lowest BCUT2D eigenvalue weighted by Gasteiger charge is -2.24. The first-order valence-electron chi connectivity index (χ1n) is 8.26. The smallest absolute Gasteiger partial charge is 0.332 e. The van der Waals surface area contributed by atoms with E-state index in [1.54, 1.807) is 0 Å². The number of benzene rings is 1. The van der Waals surface area contributed by atoms with Crippen LogP contribution in [0, 0.1) is 11.6 Å². The zero-order valence-electron chi connectivity index (χ0n) is 15.2. The van der Waals surface area contributed by atoms with Crippen molar-refractivity contribution in [3.63, 3.8) is 0 Å². The molecular weight excluding hydrogens is 432 g/mol. The Balaban J connectivity index is 1.91. The maximum Gasteiger partial charge on any atom is 0.332 e.